The Bertz CT molecular complexity index is 314. The molecule has 0 bridgehead atoms. The minimum atomic E-state index is 0.0791. The summed E-state index contributed by atoms with van der Waals surface area (Å²) >= 11 is 0. The number of anilines is 1. The van der Waals surface area contributed by atoms with Crippen molar-refractivity contribution in [1.82, 2.24) is 4.98 Å². The number of nitrogens with zero attached hydrogens (tertiary/aromatic N) is 2. The minimum Gasteiger partial charge on any atom is -0.370 e. The number of rotatable bonds is 3. The molecule has 0 unspecified atom stereocenters. The molecular formula is C13H21N3. The fraction of sp³-hybridized carbons (Fsp3) is 0.615. The number of hydrogen-bond donors (Lipinski definition) is 1. The van der Waals surface area contributed by atoms with Gasteiger partial charge in [-0.1, -0.05) is 6.92 Å². The molecule has 16 heavy (non-hydrogen) atoms. The van der Waals surface area contributed by atoms with Crippen molar-refractivity contribution in [2.45, 2.75) is 38.6 Å². The van der Waals surface area contributed by atoms with E-state index in [0.717, 1.165) is 12.1 Å². The first-order valence-electron chi connectivity index (χ1n) is 6.27. The Morgan fingerprint density at radius 1 is 1.31 bits per heavy atom. The van der Waals surface area contributed by atoms with Gasteiger partial charge in [-0.3, -0.25) is 4.98 Å². The monoisotopic (exact) mass is 219 g/mol. The van der Waals surface area contributed by atoms with Gasteiger partial charge in [-0.2, -0.15) is 0 Å². The van der Waals surface area contributed by atoms with Crippen LogP contribution in [-0.2, 0) is 0 Å². The van der Waals surface area contributed by atoms with Gasteiger partial charge in [0.1, 0.15) is 0 Å². The zero-order valence-corrected chi connectivity index (χ0v) is 10.0. The van der Waals surface area contributed by atoms with E-state index in [9.17, 15) is 0 Å². The Balaban J connectivity index is 2.06. The average molecular weight is 219 g/mol. The van der Waals surface area contributed by atoms with Gasteiger partial charge in [0, 0.05) is 19.1 Å². The molecule has 0 aliphatic carbocycles. The lowest BCUT2D eigenvalue weighted by atomic mass is 10.1. The molecule has 1 saturated heterocycles. The van der Waals surface area contributed by atoms with Crippen LogP contribution in [0.3, 0.4) is 0 Å². The highest BCUT2D eigenvalue weighted by Gasteiger charge is 2.11. The molecule has 0 saturated carbocycles. The van der Waals surface area contributed by atoms with Gasteiger partial charge in [0.25, 0.3) is 0 Å². The molecular weight excluding hydrogens is 198 g/mol. The highest BCUT2D eigenvalue weighted by Crippen LogP contribution is 2.20. The maximum atomic E-state index is 5.95. The molecule has 1 aromatic rings. The summed E-state index contributed by atoms with van der Waals surface area (Å²) in [7, 11) is 0. The van der Waals surface area contributed by atoms with Gasteiger partial charge in [-0.15, -0.1) is 0 Å². The third kappa shape index (κ3) is 2.53. The maximum Gasteiger partial charge on any atom is 0.0572 e. The number of hydrogen-bond acceptors (Lipinski definition) is 3. The molecule has 2 heterocycles. The summed E-state index contributed by atoms with van der Waals surface area (Å²) in [4.78, 5) is 6.87. The van der Waals surface area contributed by atoms with Gasteiger partial charge in [0.2, 0.25) is 0 Å². The van der Waals surface area contributed by atoms with Crippen LogP contribution in [-0.4, -0.2) is 18.1 Å². The Morgan fingerprint density at radius 3 is 2.62 bits per heavy atom. The van der Waals surface area contributed by atoms with Crippen molar-refractivity contribution in [2.24, 2.45) is 5.73 Å². The van der Waals surface area contributed by atoms with Crippen LogP contribution in [0.25, 0.3) is 0 Å². The van der Waals surface area contributed by atoms with Crippen LogP contribution in [0, 0.1) is 0 Å². The highest BCUT2D eigenvalue weighted by atomic mass is 15.1. The SMILES string of the molecule is CC[C@@H](N)c1ccc(N2CCCCC2)cn1. The quantitative estimate of drug-likeness (QED) is 0.849. The lowest BCUT2D eigenvalue weighted by Crippen LogP contribution is -2.29. The average Bonchev–Trinajstić information content (AvgIpc) is 2.39. The van der Waals surface area contributed by atoms with E-state index in [2.05, 4.69) is 28.9 Å². The molecule has 1 aliphatic rings. The Morgan fingerprint density at radius 2 is 2.06 bits per heavy atom. The van der Waals surface area contributed by atoms with Gasteiger partial charge in [0.05, 0.1) is 17.6 Å². The third-order valence-corrected chi connectivity index (χ3v) is 3.31. The van der Waals surface area contributed by atoms with Crippen LogP contribution in [0.5, 0.6) is 0 Å². The van der Waals surface area contributed by atoms with E-state index < -0.39 is 0 Å². The molecule has 1 fully saturated rings. The topological polar surface area (TPSA) is 42.1 Å². The number of pyridine rings is 1. The third-order valence-electron chi connectivity index (χ3n) is 3.31. The first-order valence-corrected chi connectivity index (χ1v) is 6.27. The predicted molar refractivity (Wildman–Crippen MR) is 67.5 cm³/mol. The van der Waals surface area contributed by atoms with Crippen LogP contribution in [0.4, 0.5) is 5.69 Å². The molecule has 3 nitrogen and oxygen atoms in total. The number of piperidine rings is 1. The normalized spacial score (nSPS) is 18.5. The summed E-state index contributed by atoms with van der Waals surface area (Å²) in [6.07, 6.45) is 6.88. The summed E-state index contributed by atoms with van der Waals surface area (Å²) in [6.45, 7) is 4.42. The van der Waals surface area contributed by atoms with Crippen LogP contribution in [0.15, 0.2) is 18.3 Å². The van der Waals surface area contributed by atoms with Crippen molar-refractivity contribution < 1.29 is 0 Å². The Hall–Kier alpha value is -1.09. The second kappa shape index (κ2) is 5.30. The highest BCUT2D eigenvalue weighted by molar-refractivity contribution is 5.45. The van der Waals surface area contributed by atoms with Crippen LogP contribution >= 0.6 is 0 Å². The summed E-state index contributed by atoms with van der Waals surface area (Å²) < 4.78 is 0. The first-order chi connectivity index (χ1) is 7.81. The zero-order valence-electron chi connectivity index (χ0n) is 10.0. The van der Waals surface area contributed by atoms with E-state index in [-0.39, 0.29) is 6.04 Å². The summed E-state index contributed by atoms with van der Waals surface area (Å²) in [6, 6.07) is 4.30. The molecule has 2 rings (SSSR count). The lowest BCUT2D eigenvalue weighted by molar-refractivity contribution is 0.576. The fourth-order valence-electron chi connectivity index (χ4n) is 2.17. The molecule has 0 amide bonds. The van der Waals surface area contributed by atoms with E-state index >= 15 is 0 Å². The first kappa shape index (κ1) is 11.4. The van der Waals surface area contributed by atoms with E-state index in [4.69, 9.17) is 5.73 Å². The van der Waals surface area contributed by atoms with E-state index in [1.807, 2.05) is 6.20 Å². The summed E-state index contributed by atoms with van der Waals surface area (Å²) in [5.74, 6) is 0. The van der Waals surface area contributed by atoms with Crippen molar-refractivity contribution in [3.05, 3.63) is 24.0 Å². The number of aromatic nitrogens is 1. The van der Waals surface area contributed by atoms with Gasteiger partial charge in [0.15, 0.2) is 0 Å². The zero-order chi connectivity index (χ0) is 11.4. The van der Waals surface area contributed by atoms with Crippen molar-refractivity contribution in [2.75, 3.05) is 18.0 Å². The van der Waals surface area contributed by atoms with Crippen molar-refractivity contribution in [3.8, 4) is 0 Å². The van der Waals surface area contributed by atoms with Crippen molar-refractivity contribution in [1.29, 1.82) is 0 Å². The molecule has 2 N–H and O–H groups in total. The minimum absolute atomic E-state index is 0.0791. The van der Waals surface area contributed by atoms with E-state index in [1.54, 1.807) is 0 Å². The van der Waals surface area contributed by atoms with Crippen LogP contribution in [0.2, 0.25) is 0 Å². The molecule has 3 heteroatoms. The van der Waals surface area contributed by atoms with Gasteiger partial charge in [-0.05, 0) is 37.8 Å². The smallest absolute Gasteiger partial charge is 0.0572 e. The van der Waals surface area contributed by atoms with Gasteiger partial charge >= 0.3 is 0 Å². The molecule has 0 aromatic carbocycles. The van der Waals surface area contributed by atoms with Crippen molar-refractivity contribution in [3.63, 3.8) is 0 Å². The summed E-state index contributed by atoms with van der Waals surface area (Å²) in [5.41, 5.74) is 8.19. The second-order valence-electron chi connectivity index (χ2n) is 4.50. The Labute approximate surface area is 97.7 Å². The van der Waals surface area contributed by atoms with E-state index in [1.165, 1.54) is 38.0 Å². The molecule has 88 valence electrons. The molecule has 0 spiro atoms. The largest absolute Gasteiger partial charge is 0.370 e. The molecule has 1 atom stereocenters. The number of nitrogens with two attached hydrogens (primary N) is 1. The molecule has 1 aliphatic heterocycles. The molecule has 0 radical (unpaired) electrons. The second-order valence-corrected chi connectivity index (χ2v) is 4.50. The van der Waals surface area contributed by atoms with E-state index in [0.29, 0.717) is 0 Å². The predicted octanol–water partition coefficient (Wildman–Crippen LogP) is 2.48. The lowest BCUT2D eigenvalue weighted by Gasteiger charge is -2.28. The van der Waals surface area contributed by atoms with Crippen LogP contribution < -0.4 is 10.6 Å². The summed E-state index contributed by atoms with van der Waals surface area (Å²) in [5, 5.41) is 0. The fourth-order valence-corrected chi connectivity index (χ4v) is 2.17. The van der Waals surface area contributed by atoms with Gasteiger partial charge in [-0.25, -0.2) is 0 Å². The van der Waals surface area contributed by atoms with Crippen LogP contribution in [0.1, 0.15) is 44.3 Å². The van der Waals surface area contributed by atoms with Crippen molar-refractivity contribution >= 4 is 5.69 Å². The van der Waals surface area contributed by atoms with Gasteiger partial charge < -0.3 is 10.6 Å². The standard InChI is InChI=1S/C13H21N3/c1-2-12(14)13-7-6-11(10-15-13)16-8-4-3-5-9-16/h6-7,10,12H,2-5,8-9,14H2,1H3/t12-/m1/s1. The molecule has 1 aromatic heterocycles. The maximum absolute atomic E-state index is 5.95. The Kier molecular flexibility index (Phi) is 3.78.